The van der Waals surface area contributed by atoms with Crippen molar-refractivity contribution in [3.8, 4) is 0 Å². The monoisotopic (exact) mass is 272 g/mol. The van der Waals surface area contributed by atoms with E-state index in [1.807, 2.05) is 6.07 Å². The Morgan fingerprint density at radius 1 is 1.60 bits per heavy atom. The maximum atomic E-state index is 5.23. The maximum absolute atomic E-state index is 5.23. The summed E-state index contributed by atoms with van der Waals surface area (Å²) in [5.74, 6) is 0.953. The highest BCUT2D eigenvalue weighted by Gasteiger charge is 2.29. The molecule has 1 aromatic heterocycles. The van der Waals surface area contributed by atoms with Gasteiger partial charge >= 0.3 is 0 Å². The van der Waals surface area contributed by atoms with Crippen LogP contribution in [0.3, 0.4) is 0 Å². The predicted octanol–water partition coefficient (Wildman–Crippen LogP) is 3.20. The molecule has 1 aliphatic heterocycles. The lowest BCUT2D eigenvalue weighted by molar-refractivity contribution is 0.168. The van der Waals surface area contributed by atoms with Crippen LogP contribution in [0.4, 0.5) is 0 Å². The summed E-state index contributed by atoms with van der Waals surface area (Å²) in [6.45, 7) is 5.44. The molecule has 84 valence electrons. The molecule has 2 heterocycles. The molecule has 2 rings (SSSR count). The molecule has 1 fully saturated rings. The summed E-state index contributed by atoms with van der Waals surface area (Å²) in [5.41, 5.74) is 0. The lowest BCUT2D eigenvalue weighted by Gasteiger charge is -2.26. The van der Waals surface area contributed by atoms with Crippen molar-refractivity contribution in [3.63, 3.8) is 0 Å². The van der Waals surface area contributed by atoms with Crippen molar-refractivity contribution in [1.29, 1.82) is 0 Å². The molecule has 0 spiro atoms. The number of likely N-dealkylation sites (tertiary alicyclic amines) is 1. The van der Waals surface area contributed by atoms with Gasteiger partial charge in [-0.3, -0.25) is 4.90 Å². The Morgan fingerprint density at radius 3 is 3.00 bits per heavy atom. The van der Waals surface area contributed by atoms with Gasteiger partial charge in [0.15, 0.2) is 5.76 Å². The SMILES string of the molecule is CCC1CCC(C)N1Cc1cc(Br)no1. The van der Waals surface area contributed by atoms with Crippen LogP contribution in [0.5, 0.6) is 0 Å². The molecule has 1 aromatic rings. The van der Waals surface area contributed by atoms with Crippen LogP contribution in [0.25, 0.3) is 0 Å². The van der Waals surface area contributed by atoms with Crippen molar-refractivity contribution >= 4 is 15.9 Å². The Morgan fingerprint density at radius 2 is 2.40 bits per heavy atom. The third-order valence-corrected chi connectivity index (χ3v) is 3.67. The van der Waals surface area contributed by atoms with E-state index >= 15 is 0 Å². The second-order valence-electron chi connectivity index (χ2n) is 4.28. The topological polar surface area (TPSA) is 29.3 Å². The quantitative estimate of drug-likeness (QED) is 0.846. The lowest BCUT2D eigenvalue weighted by atomic mass is 10.1. The molecular weight excluding hydrogens is 256 g/mol. The van der Waals surface area contributed by atoms with Gasteiger partial charge < -0.3 is 4.52 Å². The van der Waals surface area contributed by atoms with Crippen molar-refractivity contribution in [2.24, 2.45) is 0 Å². The summed E-state index contributed by atoms with van der Waals surface area (Å²) >= 11 is 3.31. The number of halogens is 1. The van der Waals surface area contributed by atoms with Crippen LogP contribution in [0, 0.1) is 0 Å². The van der Waals surface area contributed by atoms with Gasteiger partial charge in [0.25, 0.3) is 0 Å². The van der Waals surface area contributed by atoms with E-state index in [2.05, 4.69) is 39.8 Å². The molecule has 0 bridgehead atoms. The van der Waals surface area contributed by atoms with E-state index in [9.17, 15) is 0 Å². The summed E-state index contributed by atoms with van der Waals surface area (Å²) in [7, 11) is 0. The standard InChI is InChI=1S/C11H17BrN2O/c1-3-9-5-4-8(2)14(9)7-10-6-11(12)13-15-10/h6,8-9H,3-5,7H2,1-2H3. The van der Waals surface area contributed by atoms with Crippen LogP contribution < -0.4 is 0 Å². The highest BCUT2D eigenvalue weighted by atomic mass is 79.9. The minimum atomic E-state index is 0.666. The molecular formula is C11H17BrN2O. The minimum Gasteiger partial charge on any atom is -0.359 e. The Hall–Kier alpha value is -0.350. The Balaban J connectivity index is 2.03. The van der Waals surface area contributed by atoms with E-state index in [0.717, 1.165) is 16.9 Å². The first-order valence-corrected chi connectivity index (χ1v) is 6.37. The number of nitrogens with zero attached hydrogens (tertiary/aromatic N) is 2. The van der Waals surface area contributed by atoms with E-state index in [1.165, 1.54) is 19.3 Å². The van der Waals surface area contributed by atoms with Crippen molar-refractivity contribution in [2.45, 2.75) is 51.7 Å². The van der Waals surface area contributed by atoms with E-state index in [4.69, 9.17) is 4.52 Å². The van der Waals surface area contributed by atoms with Crippen molar-refractivity contribution in [1.82, 2.24) is 10.1 Å². The van der Waals surface area contributed by atoms with Gasteiger partial charge in [0.2, 0.25) is 0 Å². The van der Waals surface area contributed by atoms with Gasteiger partial charge in [0.1, 0.15) is 4.60 Å². The molecule has 0 N–H and O–H groups in total. The average Bonchev–Trinajstić information content (AvgIpc) is 2.76. The molecule has 15 heavy (non-hydrogen) atoms. The van der Waals surface area contributed by atoms with Gasteiger partial charge in [0.05, 0.1) is 6.54 Å². The van der Waals surface area contributed by atoms with E-state index in [0.29, 0.717) is 12.1 Å². The predicted molar refractivity (Wildman–Crippen MR) is 62.5 cm³/mol. The third-order valence-electron chi connectivity index (χ3n) is 3.29. The Bertz CT molecular complexity index is 326. The molecule has 2 unspecified atom stereocenters. The average molecular weight is 273 g/mol. The molecule has 0 aliphatic carbocycles. The molecule has 0 amide bonds. The van der Waals surface area contributed by atoms with Crippen LogP contribution in [-0.2, 0) is 6.54 Å². The van der Waals surface area contributed by atoms with Crippen molar-refractivity contribution < 1.29 is 4.52 Å². The summed E-state index contributed by atoms with van der Waals surface area (Å²) in [6.07, 6.45) is 3.83. The largest absolute Gasteiger partial charge is 0.359 e. The highest BCUT2D eigenvalue weighted by Crippen LogP contribution is 2.28. The summed E-state index contributed by atoms with van der Waals surface area (Å²) in [5, 5.41) is 3.85. The van der Waals surface area contributed by atoms with E-state index in [-0.39, 0.29) is 0 Å². The van der Waals surface area contributed by atoms with Gasteiger partial charge in [-0.25, -0.2) is 0 Å². The van der Waals surface area contributed by atoms with Crippen LogP contribution in [-0.4, -0.2) is 22.1 Å². The number of rotatable bonds is 3. The molecule has 0 saturated carbocycles. The van der Waals surface area contributed by atoms with Gasteiger partial charge in [-0.2, -0.15) is 0 Å². The zero-order chi connectivity index (χ0) is 10.8. The smallest absolute Gasteiger partial charge is 0.151 e. The fraction of sp³-hybridized carbons (Fsp3) is 0.727. The summed E-state index contributed by atoms with van der Waals surface area (Å²) in [6, 6.07) is 3.33. The fourth-order valence-electron chi connectivity index (χ4n) is 2.39. The third kappa shape index (κ3) is 2.42. The molecule has 1 aliphatic rings. The van der Waals surface area contributed by atoms with E-state index in [1.54, 1.807) is 0 Å². The van der Waals surface area contributed by atoms with Gasteiger partial charge in [-0.15, -0.1) is 0 Å². The number of aromatic nitrogens is 1. The molecule has 2 atom stereocenters. The summed E-state index contributed by atoms with van der Waals surface area (Å²) < 4.78 is 6.02. The van der Waals surface area contributed by atoms with Crippen molar-refractivity contribution in [2.75, 3.05) is 0 Å². The zero-order valence-electron chi connectivity index (χ0n) is 9.24. The van der Waals surface area contributed by atoms with Gasteiger partial charge in [-0.05, 0) is 42.1 Å². The normalized spacial score (nSPS) is 27.4. The highest BCUT2D eigenvalue weighted by molar-refractivity contribution is 9.10. The second kappa shape index (κ2) is 4.66. The number of hydrogen-bond donors (Lipinski definition) is 0. The first kappa shape index (κ1) is 11.1. The molecule has 1 saturated heterocycles. The fourth-order valence-corrected chi connectivity index (χ4v) is 2.72. The first-order chi connectivity index (χ1) is 7.20. The maximum Gasteiger partial charge on any atom is 0.151 e. The first-order valence-electron chi connectivity index (χ1n) is 5.57. The number of hydrogen-bond acceptors (Lipinski definition) is 3. The minimum absolute atomic E-state index is 0.666. The van der Waals surface area contributed by atoms with Gasteiger partial charge in [-0.1, -0.05) is 12.1 Å². The molecule has 0 aromatic carbocycles. The molecule has 3 nitrogen and oxygen atoms in total. The second-order valence-corrected chi connectivity index (χ2v) is 5.09. The van der Waals surface area contributed by atoms with E-state index < -0.39 is 0 Å². The lowest BCUT2D eigenvalue weighted by Crippen LogP contribution is -2.33. The molecule has 4 heteroatoms. The van der Waals surface area contributed by atoms with Crippen LogP contribution >= 0.6 is 15.9 Å². The van der Waals surface area contributed by atoms with Crippen LogP contribution in [0.2, 0.25) is 0 Å². The molecule has 0 radical (unpaired) electrons. The van der Waals surface area contributed by atoms with Crippen LogP contribution in [0.15, 0.2) is 15.2 Å². The van der Waals surface area contributed by atoms with Crippen LogP contribution in [0.1, 0.15) is 38.9 Å². The Kier molecular flexibility index (Phi) is 3.46. The Labute approximate surface area is 98.9 Å². The van der Waals surface area contributed by atoms with Crippen molar-refractivity contribution in [3.05, 3.63) is 16.4 Å². The zero-order valence-corrected chi connectivity index (χ0v) is 10.8. The van der Waals surface area contributed by atoms with Gasteiger partial charge in [0, 0.05) is 18.2 Å². The summed E-state index contributed by atoms with van der Waals surface area (Å²) in [4.78, 5) is 2.52.